The van der Waals surface area contributed by atoms with Gasteiger partial charge >= 0.3 is 0 Å². The van der Waals surface area contributed by atoms with E-state index in [-0.39, 0.29) is 24.1 Å². The molecule has 1 N–H and O–H groups in total. The highest BCUT2D eigenvalue weighted by molar-refractivity contribution is 7.99. The second-order valence-corrected chi connectivity index (χ2v) is 9.16. The summed E-state index contributed by atoms with van der Waals surface area (Å²) >= 11 is 2.89. The van der Waals surface area contributed by atoms with E-state index in [0.29, 0.717) is 24.5 Å². The van der Waals surface area contributed by atoms with Crippen molar-refractivity contribution >= 4 is 40.8 Å². The van der Waals surface area contributed by atoms with Crippen LogP contribution in [0.15, 0.2) is 22.7 Å². The van der Waals surface area contributed by atoms with Crippen LogP contribution in [0.25, 0.3) is 10.7 Å². The van der Waals surface area contributed by atoms with E-state index < -0.39 is 11.4 Å². The smallest absolute Gasteiger partial charge is 0.252 e. The van der Waals surface area contributed by atoms with E-state index in [1.54, 1.807) is 11.3 Å². The minimum absolute atomic E-state index is 0.0634. The van der Waals surface area contributed by atoms with Crippen molar-refractivity contribution in [3.8, 4) is 10.7 Å². The van der Waals surface area contributed by atoms with Gasteiger partial charge in [-0.05, 0) is 31.2 Å². The van der Waals surface area contributed by atoms with Crippen LogP contribution in [0.2, 0.25) is 0 Å². The SMILES string of the molecule is CCn1c(SCC(=O)N2CC(=O)NC(=O)C23CCCCC3)nnc1-c1cccs1. The Morgan fingerprint density at radius 3 is 2.76 bits per heavy atom. The number of nitrogens with one attached hydrogen (secondary N) is 1. The topological polar surface area (TPSA) is 97.2 Å². The van der Waals surface area contributed by atoms with E-state index in [1.807, 2.05) is 29.0 Å². The Morgan fingerprint density at radius 1 is 1.28 bits per heavy atom. The molecule has 1 aliphatic carbocycles. The van der Waals surface area contributed by atoms with Crippen LogP contribution in [-0.4, -0.2) is 55.2 Å². The van der Waals surface area contributed by atoms with Gasteiger partial charge in [0, 0.05) is 6.54 Å². The lowest BCUT2D eigenvalue weighted by Gasteiger charge is -2.47. The van der Waals surface area contributed by atoms with Crippen molar-refractivity contribution < 1.29 is 14.4 Å². The van der Waals surface area contributed by atoms with Gasteiger partial charge in [0.1, 0.15) is 12.1 Å². The number of rotatable bonds is 5. The number of hydrogen-bond acceptors (Lipinski definition) is 7. The minimum Gasteiger partial charge on any atom is -0.318 e. The molecule has 3 amide bonds. The predicted molar refractivity (Wildman–Crippen MR) is 110 cm³/mol. The van der Waals surface area contributed by atoms with Gasteiger partial charge in [-0.15, -0.1) is 21.5 Å². The summed E-state index contributed by atoms with van der Waals surface area (Å²) < 4.78 is 1.98. The average Bonchev–Trinajstić information content (AvgIpc) is 3.39. The van der Waals surface area contributed by atoms with E-state index in [0.717, 1.165) is 30.0 Å². The van der Waals surface area contributed by atoms with Crippen LogP contribution in [0.3, 0.4) is 0 Å². The van der Waals surface area contributed by atoms with Crippen molar-refractivity contribution in [1.29, 1.82) is 0 Å². The molecule has 8 nitrogen and oxygen atoms in total. The Hall–Kier alpha value is -2.20. The first-order valence-corrected chi connectivity index (χ1v) is 11.7. The second-order valence-electron chi connectivity index (χ2n) is 7.27. The monoisotopic (exact) mass is 433 g/mol. The number of nitrogens with zero attached hydrogens (tertiary/aromatic N) is 4. The number of piperazine rings is 1. The van der Waals surface area contributed by atoms with Gasteiger partial charge < -0.3 is 9.47 Å². The Balaban J connectivity index is 1.52. The van der Waals surface area contributed by atoms with Crippen LogP contribution in [-0.2, 0) is 20.9 Å². The van der Waals surface area contributed by atoms with Crippen molar-refractivity contribution in [2.45, 2.75) is 56.3 Å². The lowest BCUT2D eigenvalue weighted by atomic mass is 9.78. The standard InChI is InChI=1S/C19H23N5O3S2/c1-2-23-16(13-7-6-10-28-13)21-22-18(23)29-12-15(26)24-11-14(25)20-17(27)19(24)8-4-3-5-9-19/h6-7,10H,2-5,8-9,11-12H2,1H3,(H,20,25,27). The van der Waals surface area contributed by atoms with Crippen LogP contribution in [0.1, 0.15) is 39.0 Å². The number of carbonyl (C=O) groups excluding carboxylic acids is 3. The highest BCUT2D eigenvalue weighted by Crippen LogP contribution is 2.36. The average molecular weight is 434 g/mol. The Labute approximate surface area is 177 Å². The number of amides is 3. The molecular formula is C19H23N5O3S2. The van der Waals surface area contributed by atoms with E-state index >= 15 is 0 Å². The third kappa shape index (κ3) is 3.71. The van der Waals surface area contributed by atoms with Crippen molar-refractivity contribution in [2.75, 3.05) is 12.3 Å². The number of hydrogen-bond donors (Lipinski definition) is 1. The number of imide groups is 1. The molecule has 154 valence electrons. The first-order chi connectivity index (χ1) is 14.0. The van der Waals surface area contributed by atoms with Crippen LogP contribution < -0.4 is 5.32 Å². The summed E-state index contributed by atoms with van der Waals surface area (Å²) in [6.07, 6.45) is 4.02. The molecule has 4 rings (SSSR count). The molecule has 1 saturated heterocycles. The van der Waals surface area contributed by atoms with Crippen LogP contribution in [0.4, 0.5) is 0 Å². The van der Waals surface area contributed by atoms with Gasteiger partial charge in [-0.25, -0.2) is 0 Å². The molecule has 10 heteroatoms. The number of carbonyl (C=O) groups is 3. The third-order valence-corrected chi connectivity index (χ3v) is 7.39. The lowest BCUT2D eigenvalue weighted by molar-refractivity contribution is -0.158. The summed E-state index contributed by atoms with van der Waals surface area (Å²) in [5.41, 5.74) is -0.885. The van der Waals surface area contributed by atoms with Gasteiger partial charge in [-0.2, -0.15) is 0 Å². The van der Waals surface area contributed by atoms with Gasteiger partial charge in [0.05, 0.1) is 10.6 Å². The van der Waals surface area contributed by atoms with Crippen molar-refractivity contribution in [3.63, 3.8) is 0 Å². The van der Waals surface area contributed by atoms with E-state index in [2.05, 4.69) is 15.5 Å². The molecule has 0 aromatic carbocycles. The van der Waals surface area contributed by atoms with Crippen LogP contribution in [0.5, 0.6) is 0 Å². The Kier molecular flexibility index (Phi) is 5.73. The first kappa shape index (κ1) is 20.1. The second kappa shape index (κ2) is 8.27. The number of aromatic nitrogens is 3. The van der Waals surface area contributed by atoms with Crippen molar-refractivity contribution in [2.24, 2.45) is 0 Å². The molecule has 2 aromatic rings. The van der Waals surface area contributed by atoms with Crippen molar-refractivity contribution in [3.05, 3.63) is 17.5 Å². The number of thioether (sulfide) groups is 1. The number of thiophene rings is 1. The Bertz CT molecular complexity index is 918. The summed E-state index contributed by atoms with van der Waals surface area (Å²) in [6.45, 7) is 2.63. The fourth-order valence-corrected chi connectivity index (χ4v) is 5.73. The maximum atomic E-state index is 13.1. The molecule has 29 heavy (non-hydrogen) atoms. The van der Waals surface area contributed by atoms with Gasteiger partial charge in [0.25, 0.3) is 5.91 Å². The van der Waals surface area contributed by atoms with E-state index in [4.69, 9.17) is 0 Å². The first-order valence-electron chi connectivity index (χ1n) is 9.80. The molecule has 1 aliphatic heterocycles. The molecular weight excluding hydrogens is 410 g/mol. The molecule has 3 heterocycles. The quantitative estimate of drug-likeness (QED) is 0.574. The zero-order chi connectivity index (χ0) is 20.4. The normalized spacial score (nSPS) is 18.9. The summed E-state index contributed by atoms with van der Waals surface area (Å²) in [4.78, 5) is 40.2. The molecule has 0 radical (unpaired) electrons. The van der Waals surface area contributed by atoms with Crippen LogP contribution in [0, 0.1) is 0 Å². The third-order valence-electron chi connectivity index (χ3n) is 5.58. The summed E-state index contributed by atoms with van der Waals surface area (Å²) in [5, 5.41) is 13.6. The van der Waals surface area contributed by atoms with E-state index in [1.165, 1.54) is 16.7 Å². The molecule has 0 bridgehead atoms. The minimum atomic E-state index is -0.885. The zero-order valence-corrected chi connectivity index (χ0v) is 17.9. The summed E-state index contributed by atoms with van der Waals surface area (Å²) in [7, 11) is 0. The highest BCUT2D eigenvalue weighted by atomic mass is 32.2. The highest BCUT2D eigenvalue weighted by Gasteiger charge is 2.50. The van der Waals surface area contributed by atoms with E-state index in [9.17, 15) is 14.4 Å². The maximum Gasteiger partial charge on any atom is 0.252 e. The van der Waals surface area contributed by atoms with Gasteiger partial charge in [0.15, 0.2) is 11.0 Å². The Morgan fingerprint density at radius 2 is 2.07 bits per heavy atom. The lowest BCUT2D eigenvalue weighted by Crippen LogP contribution is -2.69. The molecule has 2 aliphatic rings. The van der Waals surface area contributed by atoms with Gasteiger partial charge in [-0.1, -0.05) is 37.1 Å². The fraction of sp³-hybridized carbons (Fsp3) is 0.526. The van der Waals surface area contributed by atoms with Crippen LogP contribution >= 0.6 is 23.1 Å². The molecule has 1 saturated carbocycles. The summed E-state index contributed by atoms with van der Waals surface area (Å²) in [5.74, 6) is -0.0489. The molecule has 2 fully saturated rings. The molecule has 2 aromatic heterocycles. The summed E-state index contributed by atoms with van der Waals surface area (Å²) in [6, 6.07) is 3.96. The maximum absolute atomic E-state index is 13.1. The molecule has 0 unspecified atom stereocenters. The zero-order valence-electron chi connectivity index (χ0n) is 16.2. The predicted octanol–water partition coefficient (Wildman–Crippen LogP) is 2.31. The van der Waals surface area contributed by atoms with Gasteiger partial charge in [0.2, 0.25) is 11.8 Å². The van der Waals surface area contributed by atoms with Gasteiger partial charge in [-0.3, -0.25) is 19.7 Å². The molecule has 0 atom stereocenters. The molecule has 1 spiro atoms. The largest absolute Gasteiger partial charge is 0.318 e. The fourth-order valence-electron chi connectivity index (χ4n) is 4.13. The van der Waals surface area contributed by atoms with Crippen molar-refractivity contribution in [1.82, 2.24) is 25.0 Å².